The van der Waals surface area contributed by atoms with Gasteiger partial charge in [-0.1, -0.05) is 25.5 Å². The van der Waals surface area contributed by atoms with Crippen LogP contribution < -0.4 is 5.32 Å². The Morgan fingerprint density at radius 3 is 2.43 bits per heavy atom. The maximum absolute atomic E-state index is 14.3. The topological polar surface area (TPSA) is 99.3 Å². The van der Waals surface area contributed by atoms with E-state index in [0.29, 0.717) is 19.4 Å². The molecule has 9 nitrogen and oxygen atoms in total. The zero-order chi connectivity index (χ0) is 27.1. The minimum absolute atomic E-state index is 0.100. The molecule has 37 heavy (non-hydrogen) atoms. The van der Waals surface area contributed by atoms with E-state index in [1.54, 1.807) is 29.9 Å². The quantitative estimate of drug-likeness (QED) is 0.562. The van der Waals surface area contributed by atoms with Gasteiger partial charge in [-0.15, -0.1) is 0 Å². The molecule has 2 aliphatic heterocycles. The lowest BCUT2D eigenvalue weighted by molar-refractivity contribution is -0.142. The number of nitrogens with zero attached hydrogens (tertiary/aromatic N) is 3. The molecule has 1 atom stereocenters. The molecule has 0 radical (unpaired) electrons. The van der Waals surface area contributed by atoms with Gasteiger partial charge in [0.15, 0.2) is 0 Å². The van der Waals surface area contributed by atoms with Gasteiger partial charge in [-0.3, -0.25) is 19.3 Å². The summed E-state index contributed by atoms with van der Waals surface area (Å²) in [5, 5.41) is 2.72. The average Bonchev–Trinajstić information content (AvgIpc) is 3.01. The molecule has 202 valence electrons. The summed E-state index contributed by atoms with van der Waals surface area (Å²) >= 11 is 0. The lowest BCUT2D eigenvalue weighted by atomic mass is 9.79. The summed E-state index contributed by atoms with van der Waals surface area (Å²) in [5.74, 6) is -1.73. The normalized spacial score (nSPS) is 24.0. The molecular weight excluding hydrogens is 479 g/mol. The number of benzene rings is 1. The molecule has 1 aromatic carbocycles. The van der Waals surface area contributed by atoms with Gasteiger partial charge in [-0.25, -0.2) is 9.18 Å². The number of hydrogen-bond donors (Lipinski definition) is 1. The molecule has 2 saturated heterocycles. The Morgan fingerprint density at radius 2 is 1.84 bits per heavy atom. The summed E-state index contributed by atoms with van der Waals surface area (Å²) in [4.78, 5) is 57.1. The Labute approximate surface area is 217 Å². The second-order valence-electron chi connectivity index (χ2n) is 11.0. The van der Waals surface area contributed by atoms with E-state index in [0.717, 1.165) is 18.4 Å². The van der Waals surface area contributed by atoms with Crippen molar-refractivity contribution in [2.45, 2.75) is 64.1 Å². The van der Waals surface area contributed by atoms with Gasteiger partial charge in [0.2, 0.25) is 5.91 Å². The number of likely N-dealkylation sites (tertiary alicyclic amines) is 1. The van der Waals surface area contributed by atoms with E-state index in [2.05, 4.69) is 5.32 Å². The number of aryl methyl sites for hydroxylation is 1. The molecule has 2 heterocycles. The van der Waals surface area contributed by atoms with Crippen molar-refractivity contribution in [2.75, 3.05) is 33.8 Å². The molecule has 0 unspecified atom stereocenters. The van der Waals surface area contributed by atoms with Crippen molar-refractivity contribution in [3.63, 3.8) is 0 Å². The number of hydrogen-bond acceptors (Lipinski definition) is 5. The zero-order valence-corrected chi connectivity index (χ0v) is 22.3. The minimum Gasteiger partial charge on any atom is -0.381 e. The predicted octanol–water partition coefficient (Wildman–Crippen LogP) is 2.57. The summed E-state index contributed by atoms with van der Waals surface area (Å²) < 4.78 is 19.6. The van der Waals surface area contributed by atoms with Crippen LogP contribution in [0.15, 0.2) is 18.2 Å². The molecule has 1 spiro atoms. The van der Waals surface area contributed by atoms with Crippen LogP contribution in [0.1, 0.15) is 55.5 Å². The summed E-state index contributed by atoms with van der Waals surface area (Å²) in [5.41, 5.74) is -0.316. The molecule has 10 heteroatoms. The largest absolute Gasteiger partial charge is 0.381 e. The molecule has 1 N–H and O–H groups in total. The standard InChI is InChI=1S/C27H37FN4O5/c1-16(2)22(29-23(33)20-12-17(3)6-7-21(20)28)24(34)31-10-8-27(9-11-31)25(35)30(4)26(36)32(27)15-18-13-19(14-18)37-5/h6-7,12,16,18-19,22H,8-11,13-15H2,1-5H3,(H,29,33)/t18?,19?,22-/m1/s1. The number of methoxy groups -OCH3 is 1. The fourth-order valence-electron chi connectivity index (χ4n) is 5.73. The van der Waals surface area contributed by atoms with Crippen molar-refractivity contribution in [1.82, 2.24) is 20.0 Å². The molecule has 4 rings (SSSR count). The molecule has 0 bridgehead atoms. The van der Waals surface area contributed by atoms with Gasteiger partial charge < -0.3 is 19.9 Å². The predicted molar refractivity (Wildman–Crippen MR) is 134 cm³/mol. The molecule has 1 saturated carbocycles. The van der Waals surface area contributed by atoms with Gasteiger partial charge in [-0.05, 0) is 56.6 Å². The zero-order valence-electron chi connectivity index (χ0n) is 22.3. The lowest BCUT2D eigenvalue weighted by Gasteiger charge is -2.45. The molecule has 1 aliphatic carbocycles. The highest BCUT2D eigenvalue weighted by atomic mass is 19.1. The van der Waals surface area contributed by atoms with Crippen LogP contribution in [-0.4, -0.2) is 89.9 Å². The van der Waals surface area contributed by atoms with Gasteiger partial charge in [0.05, 0.1) is 11.7 Å². The van der Waals surface area contributed by atoms with Crippen molar-refractivity contribution < 1.29 is 28.3 Å². The lowest BCUT2D eigenvalue weighted by Crippen LogP contribution is -2.61. The maximum Gasteiger partial charge on any atom is 0.327 e. The van der Waals surface area contributed by atoms with E-state index in [1.165, 1.54) is 24.1 Å². The van der Waals surface area contributed by atoms with E-state index in [4.69, 9.17) is 4.74 Å². The molecule has 3 fully saturated rings. The third kappa shape index (κ3) is 4.95. The van der Waals surface area contributed by atoms with Crippen molar-refractivity contribution in [3.05, 3.63) is 35.1 Å². The number of carbonyl (C=O) groups is 4. The maximum atomic E-state index is 14.3. The highest BCUT2D eigenvalue weighted by Gasteiger charge is 2.58. The molecular formula is C27H37FN4O5. The Bertz CT molecular complexity index is 1080. The number of imide groups is 1. The van der Waals surface area contributed by atoms with E-state index < -0.39 is 23.3 Å². The Morgan fingerprint density at radius 1 is 1.19 bits per heavy atom. The number of rotatable bonds is 7. The Balaban J connectivity index is 1.45. The second-order valence-corrected chi connectivity index (χ2v) is 11.0. The van der Waals surface area contributed by atoms with Crippen LogP contribution in [0.3, 0.4) is 0 Å². The summed E-state index contributed by atoms with van der Waals surface area (Å²) in [6.45, 7) is 6.47. The van der Waals surface area contributed by atoms with Crippen molar-refractivity contribution >= 4 is 23.8 Å². The minimum atomic E-state index is -0.956. The molecule has 5 amide bonds. The fraction of sp³-hybridized carbons (Fsp3) is 0.630. The van der Waals surface area contributed by atoms with Crippen LogP contribution in [0, 0.1) is 24.6 Å². The number of nitrogens with one attached hydrogen (secondary N) is 1. The highest BCUT2D eigenvalue weighted by molar-refractivity contribution is 6.07. The molecule has 0 aromatic heterocycles. The Hall–Kier alpha value is -3.01. The summed E-state index contributed by atoms with van der Waals surface area (Å²) in [6.07, 6.45) is 2.58. The van der Waals surface area contributed by atoms with Crippen LogP contribution in [0.25, 0.3) is 0 Å². The molecule has 3 aliphatic rings. The van der Waals surface area contributed by atoms with E-state index in [-0.39, 0.29) is 54.4 Å². The number of halogens is 1. The Kier molecular flexibility index (Phi) is 7.60. The highest BCUT2D eigenvalue weighted by Crippen LogP contribution is 2.40. The first-order valence-electron chi connectivity index (χ1n) is 13.0. The van der Waals surface area contributed by atoms with Gasteiger partial charge in [0.25, 0.3) is 11.8 Å². The van der Waals surface area contributed by atoms with Crippen LogP contribution in [0.5, 0.6) is 0 Å². The van der Waals surface area contributed by atoms with Crippen LogP contribution in [-0.2, 0) is 14.3 Å². The summed E-state index contributed by atoms with van der Waals surface area (Å²) in [6, 6.07) is 3.14. The third-order valence-electron chi connectivity index (χ3n) is 8.19. The first kappa shape index (κ1) is 27.0. The van der Waals surface area contributed by atoms with Crippen LogP contribution in [0.2, 0.25) is 0 Å². The number of piperidine rings is 1. The third-order valence-corrected chi connectivity index (χ3v) is 8.19. The monoisotopic (exact) mass is 516 g/mol. The van der Waals surface area contributed by atoms with E-state index in [9.17, 15) is 23.6 Å². The van der Waals surface area contributed by atoms with Crippen molar-refractivity contribution in [3.8, 4) is 0 Å². The van der Waals surface area contributed by atoms with E-state index in [1.807, 2.05) is 13.8 Å². The van der Waals surface area contributed by atoms with E-state index >= 15 is 0 Å². The SMILES string of the molecule is COC1CC(CN2C(=O)N(C)C(=O)C23CCN(C(=O)[C@H](NC(=O)c2cc(C)ccc2F)C(C)C)CC3)C1. The number of ether oxygens (including phenoxy) is 1. The first-order valence-corrected chi connectivity index (χ1v) is 13.0. The first-order chi connectivity index (χ1) is 17.5. The number of carbonyl (C=O) groups excluding carboxylic acids is 4. The average molecular weight is 517 g/mol. The second kappa shape index (κ2) is 10.4. The smallest absolute Gasteiger partial charge is 0.327 e. The van der Waals surface area contributed by atoms with Crippen molar-refractivity contribution in [2.24, 2.45) is 11.8 Å². The van der Waals surface area contributed by atoms with Gasteiger partial charge in [0.1, 0.15) is 17.4 Å². The molecule has 1 aromatic rings. The number of likely N-dealkylation sites (N-methyl/N-ethyl adjacent to an activating group) is 1. The summed E-state index contributed by atoms with van der Waals surface area (Å²) in [7, 11) is 3.19. The van der Waals surface area contributed by atoms with Gasteiger partial charge in [0, 0.05) is 33.8 Å². The fourth-order valence-corrected chi connectivity index (χ4v) is 5.73. The van der Waals surface area contributed by atoms with Crippen LogP contribution >= 0.6 is 0 Å². The number of amides is 5. The van der Waals surface area contributed by atoms with Crippen molar-refractivity contribution in [1.29, 1.82) is 0 Å². The number of urea groups is 1. The van der Waals surface area contributed by atoms with Gasteiger partial charge in [-0.2, -0.15) is 0 Å². The van der Waals surface area contributed by atoms with Gasteiger partial charge >= 0.3 is 6.03 Å². The van der Waals surface area contributed by atoms with Crippen LogP contribution in [0.4, 0.5) is 9.18 Å².